The molecule has 2 aromatic rings. The number of para-hydroxylation sites is 1. The molecule has 1 aliphatic heterocycles. The zero-order valence-electron chi connectivity index (χ0n) is 15.0. The van der Waals surface area contributed by atoms with Gasteiger partial charge in [0.25, 0.3) is 0 Å². The molecule has 0 saturated carbocycles. The van der Waals surface area contributed by atoms with Crippen LogP contribution in [-0.4, -0.2) is 51.9 Å². The van der Waals surface area contributed by atoms with Gasteiger partial charge < -0.3 is 10.1 Å². The normalized spacial score (nSPS) is 16.9. The molecule has 0 spiro atoms. The third kappa shape index (κ3) is 4.63. The lowest BCUT2D eigenvalue weighted by molar-refractivity contribution is 0.0187. The molecule has 3 rings (SSSR count). The Morgan fingerprint density at radius 3 is 2.39 bits per heavy atom. The van der Waals surface area contributed by atoms with Crippen LogP contribution in [0.2, 0.25) is 5.02 Å². The lowest BCUT2D eigenvalue weighted by Gasteiger charge is -2.35. The van der Waals surface area contributed by atoms with Gasteiger partial charge in [0.1, 0.15) is 0 Å². The molecule has 28 heavy (non-hydrogen) atoms. The number of morpholine rings is 1. The highest BCUT2D eigenvalue weighted by atomic mass is 35.5. The predicted octanol–water partition coefficient (Wildman–Crippen LogP) is 3.82. The highest BCUT2D eigenvalue weighted by Crippen LogP contribution is 2.31. The monoisotopic (exact) mass is 430 g/mol. The second kappa shape index (κ2) is 9.17. The van der Waals surface area contributed by atoms with E-state index in [1.807, 2.05) is 18.2 Å². The molecule has 152 valence electrons. The molecular weight excluding hydrogens is 410 g/mol. The van der Waals surface area contributed by atoms with Crippen molar-refractivity contribution in [2.24, 2.45) is 0 Å². The average Bonchev–Trinajstić information content (AvgIpc) is 2.70. The van der Waals surface area contributed by atoms with E-state index < -0.39 is 20.5 Å². The van der Waals surface area contributed by atoms with Crippen LogP contribution in [-0.2, 0) is 14.6 Å². The van der Waals surface area contributed by atoms with E-state index in [4.69, 9.17) is 16.3 Å². The third-order valence-corrected chi connectivity index (χ3v) is 6.45. The summed E-state index contributed by atoms with van der Waals surface area (Å²) in [5.74, 6) is -3.48. The van der Waals surface area contributed by atoms with Crippen molar-refractivity contribution in [3.63, 3.8) is 0 Å². The third-order valence-electron chi connectivity index (χ3n) is 4.66. The number of alkyl halides is 2. The summed E-state index contributed by atoms with van der Waals surface area (Å²) >= 11 is 6.38. The average molecular weight is 431 g/mol. The molecule has 1 saturated heterocycles. The number of nitrogens with one attached hydrogen (secondary N) is 1. The van der Waals surface area contributed by atoms with Crippen molar-refractivity contribution >= 4 is 27.1 Å². The van der Waals surface area contributed by atoms with Crippen LogP contribution in [0.3, 0.4) is 0 Å². The van der Waals surface area contributed by atoms with Gasteiger partial charge in [0, 0.05) is 24.7 Å². The van der Waals surface area contributed by atoms with E-state index in [-0.39, 0.29) is 11.7 Å². The summed E-state index contributed by atoms with van der Waals surface area (Å²) in [4.78, 5) is 1.77. The quantitative estimate of drug-likeness (QED) is 0.723. The lowest BCUT2D eigenvalue weighted by Crippen LogP contribution is -2.41. The van der Waals surface area contributed by atoms with Crippen LogP contribution in [0.5, 0.6) is 0 Å². The first-order valence-corrected chi connectivity index (χ1v) is 10.7. The van der Waals surface area contributed by atoms with Crippen LogP contribution >= 0.6 is 11.6 Å². The Balaban J connectivity index is 1.88. The van der Waals surface area contributed by atoms with Crippen molar-refractivity contribution in [2.75, 3.05) is 38.2 Å². The molecule has 1 heterocycles. The first kappa shape index (κ1) is 21.0. The smallest absolute Gasteiger partial charge is 0.341 e. The molecule has 1 aliphatic rings. The molecule has 2 aromatic carbocycles. The van der Waals surface area contributed by atoms with Gasteiger partial charge in [-0.15, -0.1) is 0 Å². The molecule has 1 N–H and O–H groups in total. The van der Waals surface area contributed by atoms with E-state index in [2.05, 4.69) is 10.2 Å². The van der Waals surface area contributed by atoms with Crippen LogP contribution in [0.4, 0.5) is 14.5 Å². The summed E-state index contributed by atoms with van der Waals surface area (Å²) in [5, 5.41) is 3.64. The summed E-state index contributed by atoms with van der Waals surface area (Å²) in [6.07, 6.45) is 0. The largest absolute Gasteiger partial charge is 0.382 e. The van der Waals surface area contributed by atoms with Gasteiger partial charge in [-0.25, -0.2) is 8.42 Å². The molecular formula is C19H21ClF2N2O3S. The summed E-state index contributed by atoms with van der Waals surface area (Å²) in [6.45, 7) is 2.84. The van der Waals surface area contributed by atoms with Crippen molar-refractivity contribution in [3.05, 3.63) is 59.1 Å². The van der Waals surface area contributed by atoms with Crippen molar-refractivity contribution in [3.8, 4) is 0 Å². The van der Waals surface area contributed by atoms with Gasteiger partial charge in [0.05, 0.1) is 29.8 Å². The standard InChI is InChI=1S/C19H21ClF2N2O3S/c20-15-6-2-1-5-14(15)17(24-9-11-27-12-10-24)13-23-16-7-3-4-8-18(16)28(25,26)19(21)22/h1-8,17,19,23H,9-13H2. The lowest BCUT2D eigenvalue weighted by atomic mass is 10.0. The van der Waals surface area contributed by atoms with Crippen molar-refractivity contribution in [2.45, 2.75) is 16.7 Å². The number of halogens is 3. The minimum absolute atomic E-state index is 0.146. The number of rotatable bonds is 7. The van der Waals surface area contributed by atoms with E-state index in [0.29, 0.717) is 37.9 Å². The second-order valence-corrected chi connectivity index (χ2v) is 8.66. The van der Waals surface area contributed by atoms with Gasteiger partial charge in [0.15, 0.2) is 0 Å². The number of benzene rings is 2. The van der Waals surface area contributed by atoms with E-state index in [1.165, 1.54) is 18.2 Å². The first-order valence-electron chi connectivity index (χ1n) is 8.82. The summed E-state index contributed by atoms with van der Waals surface area (Å²) in [6, 6.07) is 12.9. The maximum absolute atomic E-state index is 13.0. The molecule has 0 aromatic heterocycles. The van der Waals surface area contributed by atoms with E-state index in [9.17, 15) is 17.2 Å². The number of hydrogen-bond acceptors (Lipinski definition) is 5. The number of anilines is 1. The Morgan fingerprint density at radius 1 is 1.07 bits per heavy atom. The Kier molecular flexibility index (Phi) is 6.87. The summed E-state index contributed by atoms with van der Waals surface area (Å²) in [5.41, 5.74) is 1.03. The Labute approximate surface area is 168 Å². The molecule has 0 bridgehead atoms. The maximum Gasteiger partial charge on any atom is 0.341 e. The Morgan fingerprint density at radius 2 is 1.71 bits per heavy atom. The van der Waals surface area contributed by atoms with E-state index >= 15 is 0 Å². The van der Waals surface area contributed by atoms with Crippen LogP contribution in [0, 0.1) is 0 Å². The fraction of sp³-hybridized carbons (Fsp3) is 0.368. The molecule has 1 atom stereocenters. The Hall–Kier alpha value is -1.74. The van der Waals surface area contributed by atoms with Crippen LogP contribution < -0.4 is 5.32 Å². The topological polar surface area (TPSA) is 58.6 Å². The summed E-state index contributed by atoms with van der Waals surface area (Å²) in [7, 11) is -4.71. The zero-order chi connectivity index (χ0) is 20.1. The molecule has 1 fully saturated rings. The highest BCUT2D eigenvalue weighted by molar-refractivity contribution is 7.91. The molecule has 0 radical (unpaired) electrons. The zero-order valence-corrected chi connectivity index (χ0v) is 16.6. The van der Waals surface area contributed by atoms with Crippen LogP contribution in [0.1, 0.15) is 11.6 Å². The van der Waals surface area contributed by atoms with Gasteiger partial charge in [-0.1, -0.05) is 41.9 Å². The number of hydrogen-bond donors (Lipinski definition) is 1. The highest BCUT2D eigenvalue weighted by Gasteiger charge is 2.30. The second-order valence-electron chi connectivity index (χ2n) is 6.37. The molecule has 0 aliphatic carbocycles. The van der Waals surface area contributed by atoms with Gasteiger partial charge in [-0.05, 0) is 23.8 Å². The maximum atomic E-state index is 13.0. The summed E-state index contributed by atoms with van der Waals surface area (Å²) < 4.78 is 55.4. The molecule has 0 amide bonds. The molecule has 1 unspecified atom stereocenters. The van der Waals surface area contributed by atoms with E-state index in [0.717, 1.165) is 5.56 Å². The SMILES string of the molecule is O=S(=O)(c1ccccc1NCC(c1ccccc1Cl)N1CCOCC1)C(F)F. The first-order chi connectivity index (χ1) is 13.4. The number of ether oxygens (including phenoxy) is 1. The Bertz CT molecular complexity index is 906. The van der Waals surface area contributed by atoms with E-state index in [1.54, 1.807) is 12.1 Å². The van der Waals surface area contributed by atoms with Gasteiger partial charge in [0.2, 0.25) is 9.84 Å². The number of sulfone groups is 1. The van der Waals surface area contributed by atoms with Gasteiger partial charge in [-0.3, -0.25) is 4.90 Å². The fourth-order valence-electron chi connectivity index (χ4n) is 3.23. The van der Waals surface area contributed by atoms with Crippen molar-refractivity contribution in [1.29, 1.82) is 0 Å². The number of nitrogens with zero attached hydrogens (tertiary/aromatic N) is 1. The molecule has 5 nitrogen and oxygen atoms in total. The van der Waals surface area contributed by atoms with Crippen LogP contribution in [0.25, 0.3) is 0 Å². The van der Waals surface area contributed by atoms with Crippen molar-refractivity contribution in [1.82, 2.24) is 4.90 Å². The fourth-order valence-corrected chi connectivity index (χ4v) is 4.40. The molecule has 9 heteroatoms. The van der Waals surface area contributed by atoms with Gasteiger partial charge in [-0.2, -0.15) is 8.78 Å². The van der Waals surface area contributed by atoms with Gasteiger partial charge >= 0.3 is 5.76 Å². The van der Waals surface area contributed by atoms with Crippen LogP contribution in [0.15, 0.2) is 53.4 Å². The predicted molar refractivity (Wildman–Crippen MR) is 105 cm³/mol. The minimum atomic E-state index is -4.71. The van der Waals surface area contributed by atoms with Crippen molar-refractivity contribution < 1.29 is 21.9 Å². The minimum Gasteiger partial charge on any atom is -0.382 e.